The summed E-state index contributed by atoms with van der Waals surface area (Å²) in [6.45, 7) is 5.52. The SMILES string of the molecule is CCCCCN(C)c1ncnc(NCCC)c1[N+](=O)[O-]. The Bertz CT molecular complexity index is 439. The maximum absolute atomic E-state index is 11.3. The van der Waals surface area contributed by atoms with E-state index in [0.717, 1.165) is 32.2 Å². The van der Waals surface area contributed by atoms with Crippen molar-refractivity contribution in [1.29, 1.82) is 0 Å². The highest BCUT2D eigenvalue weighted by Gasteiger charge is 2.24. The lowest BCUT2D eigenvalue weighted by Crippen LogP contribution is -2.22. The molecule has 0 aliphatic carbocycles. The van der Waals surface area contributed by atoms with Crippen LogP contribution >= 0.6 is 0 Å². The quantitative estimate of drug-likeness (QED) is 0.425. The summed E-state index contributed by atoms with van der Waals surface area (Å²) in [5.41, 5.74) is -0.0417. The van der Waals surface area contributed by atoms with Gasteiger partial charge in [0.25, 0.3) is 0 Å². The van der Waals surface area contributed by atoms with Gasteiger partial charge < -0.3 is 10.2 Å². The molecular formula is C13H23N5O2. The van der Waals surface area contributed by atoms with Crippen LogP contribution in [0.25, 0.3) is 0 Å². The van der Waals surface area contributed by atoms with E-state index >= 15 is 0 Å². The minimum atomic E-state index is -0.413. The van der Waals surface area contributed by atoms with Crippen LogP contribution in [0.15, 0.2) is 6.33 Å². The van der Waals surface area contributed by atoms with Crippen molar-refractivity contribution in [2.24, 2.45) is 0 Å². The molecular weight excluding hydrogens is 258 g/mol. The predicted molar refractivity (Wildman–Crippen MR) is 80.3 cm³/mol. The van der Waals surface area contributed by atoms with Crippen molar-refractivity contribution in [3.05, 3.63) is 16.4 Å². The molecule has 1 aromatic rings. The lowest BCUT2D eigenvalue weighted by atomic mass is 10.2. The van der Waals surface area contributed by atoms with Crippen LogP contribution in [0.1, 0.15) is 39.5 Å². The smallest absolute Gasteiger partial charge is 0.353 e. The summed E-state index contributed by atoms with van der Waals surface area (Å²) in [6.07, 6.45) is 5.46. The first-order valence-corrected chi connectivity index (χ1v) is 7.06. The summed E-state index contributed by atoms with van der Waals surface area (Å²) in [7, 11) is 1.83. The third-order valence-corrected chi connectivity index (χ3v) is 2.99. The van der Waals surface area contributed by atoms with E-state index in [1.165, 1.54) is 6.33 Å². The summed E-state index contributed by atoms with van der Waals surface area (Å²) in [6, 6.07) is 0. The molecule has 1 aromatic heterocycles. The van der Waals surface area contributed by atoms with E-state index < -0.39 is 4.92 Å². The zero-order valence-corrected chi connectivity index (χ0v) is 12.4. The molecule has 1 heterocycles. The maximum Gasteiger partial charge on any atom is 0.353 e. The van der Waals surface area contributed by atoms with Gasteiger partial charge in [0.05, 0.1) is 4.92 Å². The van der Waals surface area contributed by atoms with Gasteiger partial charge in [-0.1, -0.05) is 26.7 Å². The molecule has 1 N–H and O–H groups in total. The van der Waals surface area contributed by atoms with E-state index in [9.17, 15) is 10.1 Å². The molecule has 0 aliphatic rings. The van der Waals surface area contributed by atoms with Gasteiger partial charge in [0.2, 0.25) is 11.6 Å². The molecule has 0 atom stereocenters. The molecule has 0 spiro atoms. The van der Waals surface area contributed by atoms with E-state index in [1.807, 2.05) is 18.9 Å². The molecule has 0 bridgehead atoms. The van der Waals surface area contributed by atoms with Crippen molar-refractivity contribution in [2.45, 2.75) is 39.5 Å². The Morgan fingerprint density at radius 2 is 2.05 bits per heavy atom. The van der Waals surface area contributed by atoms with Crippen molar-refractivity contribution in [3.63, 3.8) is 0 Å². The van der Waals surface area contributed by atoms with Crippen LogP contribution in [-0.2, 0) is 0 Å². The topological polar surface area (TPSA) is 84.2 Å². The van der Waals surface area contributed by atoms with Gasteiger partial charge in [0, 0.05) is 20.1 Å². The lowest BCUT2D eigenvalue weighted by Gasteiger charge is -2.18. The number of nitro groups is 1. The second kappa shape index (κ2) is 8.29. The summed E-state index contributed by atoms with van der Waals surface area (Å²) >= 11 is 0. The van der Waals surface area contributed by atoms with Crippen LogP contribution in [0, 0.1) is 10.1 Å². The van der Waals surface area contributed by atoms with Crippen molar-refractivity contribution >= 4 is 17.3 Å². The number of nitrogens with one attached hydrogen (secondary N) is 1. The average Bonchev–Trinajstić information content (AvgIpc) is 2.44. The van der Waals surface area contributed by atoms with E-state index in [4.69, 9.17) is 0 Å². The maximum atomic E-state index is 11.3. The van der Waals surface area contributed by atoms with Gasteiger partial charge in [0.1, 0.15) is 6.33 Å². The van der Waals surface area contributed by atoms with Gasteiger partial charge >= 0.3 is 5.69 Å². The second-order valence-electron chi connectivity index (χ2n) is 4.71. The Balaban J connectivity index is 2.96. The highest BCUT2D eigenvalue weighted by Crippen LogP contribution is 2.31. The number of unbranched alkanes of at least 4 members (excludes halogenated alkanes) is 2. The van der Waals surface area contributed by atoms with Gasteiger partial charge in [-0.25, -0.2) is 9.97 Å². The Labute approximate surface area is 119 Å². The number of hydrogen-bond acceptors (Lipinski definition) is 6. The van der Waals surface area contributed by atoms with E-state index in [-0.39, 0.29) is 5.69 Å². The van der Waals surface area contributed by atoms with E-state index in [1.54, 1.807) is 0 Å². The summed E-state index contributed by atoms with van der Waals surface area (Å²) < 4.78 is 0. The zero-order valence-electron chi connectivity index (χ0n) is 12.4. The lowest BCUT2D eigenvalue weighted by molar-refractivity contribution is -0.383. The van der Waals surface area contributed by atoms with Gasteiger partial charge in [0.15, 0.2) is 0 Å². The van der Waals surface area contributed by atoms with Crippen LogP contribution in [0.2, 0.25) is 0 Å². The Kier molecular flexibility index (Phi) is 6.69. The average molecular weight is 281 g/mol. The van der Waals surface area contributed by atoms with Gasteiger partial charge in [-0.2, -0.15) is 0 Å². The van der Waals surface area contributed by atoms with Crippen LogP contribution in [-0.4, -0.2) is 35.0 Å². The molecule has 0 saturated carbocycles. The normalized spacial score (nSPS) is 10.3. The molecule has 0 aliphatic heterocycles. The van der Waals surface area contributed by atoms with Gasteiger partial charge in [-0.15, -0.1) is 0 Å². The Hall–Kier alpha value is -1.92. The minimum absolute atomic E-state index is 0.0417. The van der Waals surface area contributed by atoms with Crippen LogP contribution in [0.5, 0.6) is 0 Å². The number of hydrogen-bond donors (Lipinski definition) is 1. The highest BCUT2D eigenvalue weighted by molar-refractivity contribution is 5.69. The molecule has 7 nitrogen and oxygen atoms in total. The fourth-order valence-electron chi connectivity index (χ4n) is 1.89. The number of nitrogens with zero attached hydrogens (tertiary/aromatic N) is 4. The minimum Gasteiger partial charge on any atom is -0.364 e. The molecule has 0 amide bonds. The molecule has 112 valence electrons. The third-order valence-electron chi connectivity index (χ3n) is 2.99. The molecule has 0 radical (unpaired) electrons. The van der Waals surface area contributed by atoms with Gasteiger partial charge in [-0.3, -0.25) is 10.1 Å². The van der Waals surface area contributed by atoms with Crippen molar-refractivity contribution in [1.82, 2.24) is 9.97 Å². The summed E-state index contributed by atoms with van der Waals surface area (Å²) in [5, 5.41) is 14.3. The fourth-order valence-corrected chi connectivity index (χ4v) is 1.89. The first kappa shape index (κ1) is 16.1. The fraction of sp³-hybridized carbons (Fsp3) is 0.692. The molecule has 7 heteroatoms. The highest BCUT2D eigenvalue weighted by atomic mass is 16.6. The van der Waals surface area contributed by atoms with Crippen molar-refractivity contribution in [3.8, 4) is 0 Å². The van der Waals surface area contributed by atoms with Crippen LogP contribution < -0.4 is 10.2 Å². The standard InChI is InChI=1S/C13H23N5O2/c1-4-6-7-9-17(3)13-11(18(19)20)12(14-8-5-2)15-10-16-13/h10H,4-9H2,1-3H3,(H,14,15,16). The van der Waals surface area contributed by atoms with Crippen LogP contribution in [0.3, 0.4) is 0 Å². The van der Waals surface area contributed by atoms with E-state index in [2.05, 4.69) is 22.2 Å². The molecule has 20 heavy (non-hydrogen) atoms. The van der Waals surface area contributed by atoms with Gasteiger partial charge in [-0.05, 0) is 12.8 Å². The third kappa shape index (κ3) is 4.32. The van der Waals surface area contributed by atoms with Crippen molar-refractivity contribution in [2.75, 3.05) is 30.4 Å². The summed E-state index contributed by atoms with van der Waals surface area (Å²) in [5.74, 6) is 0.670. The second-order valence-corrected chi connectivity index (χ2v) is 4.71. The van der Waals surface area contributed by atoms with Crippen LogP contribution in [0.4, 0.5) is 17.3 Å². The largest absolute Gasteiger partial charge is 0.364 e. The zero-order chi connectivity index (χ0) is 15.0. The predicted octanol–water partition coefficient (Wildman–Crippen LogP) is 2.83. The molecule has 0 unspecified atom stereocenters. The van der Waals surface area contributed by atoms with E-state index in [0.29, 0.717) is 18.2 Å². The molecule has 0 fully saturated rings. The monoisotopic (exact) mass is 281 g/mol. The number of anilines is 2. The molecule has 0 saturated heterocycles. The number of rotatable bonds is 9. The Morgan fingerprint density at radius 3 is 2.65 bits per heavy atom. The summed E-state index contributed by atoms with van der Waals surface area (Å²) in [4.78, 5) is 20.8. The first-order chi connectivity index (χ1) is 9.61. The molecule has 0 aromatic carbocycles. The molecule has 1 rings (SSSR count). The number of aromatic nitrogens is 2. The first-order valence-electron chi connectivity index (χ1n) is 7.06. The Morgan fingerprint density at radius 1 is 1.30 bits per heavy atom. The van der Waals surface area contributed by atoms with Crippen molar-refractivity contribution < 1.29 is 4.92 Å².